The van der Waals surface area contributed by atoms with Crippen molar-refractivity contribution in [3.05, 3.63) is 48.8 Å². The average Bonchev–Trinajstić information content (AvgIpc) is 2.91. The van der Waals surface area contributed by atoms with Crippen molar-refractivity contribution < 1.29 is 0 Å². The van der Waals surface area contributed by atoms with Gasteiger partial charge in [-0.1, -0.05) is 20.8 Å². The second-order valence-electron chi connectivity index (χ2n) is 6.35. The van der Waals surface area contributed by atoms with E-state index < -0.39 is 0 Å². The van der Waals surface area contributed by atoms with E-state index in [1.165, 1.54) is 5.56 Å². The van der Waals surface area contributed by atoms with Crippen LogP contribution in [0.1, 0.15) is 39.3 Å². The number of imidazole rings is 1. The van der Waals surface area contributed by atoms with Crippen LogP contribution in [0.25, 0.3) is 0 Å². The zero-order valence-corrected chi connectivity index (χ0v) is 12.7. The summed E-state index contributed by atoms with van der Waals surface area (Å²) in [4.78, 5) is 8.20. The Bertz CT molecular complexity index is 499. The zero-order valence-electron chi connectivity index (χ0n) is 12.7. The third-order valence-corrected chi connectivity index (χ3v) is 3.66. The van der Waals surface area contributed by atoms with Crippen molar-refractivity contribution in [2.24, 2.45) is 5.41 Å². The SMILES string of the molecule is CC(NC(Cn1ccnc1)C(C)(C)C)c1ccncc1. The van der Waals surface area contributed by atoms with Crippen LogP contribution < -0.4 is 5.32 Å². The number of aromatic nitrogens is 3. The highest BCUT2D eigenvalue weighted by Gasteiger charge is 2.26. The fraction of sp³-hybridized carbons (Fsp3) is 0.500. The number of hydrogen-bond donors (Lipinski definition) is 1. The molecule has 0 fully saturated rings. The van der Waals surface area contributed by atoms with Crippen molar-refractivity contribution >= 4 is 0 Å². The topological polar surface area (TPSA) is 42.7 Å². The van der Waals surface area contributed by atoms with E-state index in [0.717, 1.165) is 6.54 Å². The van der Waals surface area contributed by atoms with Gasteiger partial charge in [0, 0.05) is 43.4 Å². The van der Waals surface area contributed by atoms with Gasteiger partial charge in [0.15, 0.2) is 0 Å². The molecule has 1 N–H and O–H groups in total. The Morgan fingerprint density at radius 1 is 1.15 bits per heavy atom. The summed E-state index contributed by atoms with van der Waals surface area (Å²) < 4.78 is 2.13. The Balaban J connectivity index is 2.08. The first kappa shape index (κ1) is 14.7. The van der Waals surface area contributed by atoms with E-state index in [4.69, 9.17) is 0 Å². The van der Waals surface area contributed by atoms with Gasteiger partial charge in [-0.25, -0.2) is 4.98 Å². The number of pyridine rings is 1. The van der Waals surface area contributed by atoms with E-state index in [1.807, 2.05) is 31.1 Å². The Hall–Kier alpha value is -1.68. The van der Waals surface area contributed by atoms with Gasteiger partial charge in [-0.2, -0.15) is 0 Å². The molecule has 0 saturated heterocycles. The second-order valence-corrected chi connectivity index (χ2v) is 6.35. The third kappa shape index (κ3) is 3.90. The van der Waals surface area contributed by atoms with Gasteiger partial charge in [-0.05, 0) is 30.0 Å². The molecule has 2 rings (SSSR count). The maximum atomic E-state index is 4.12. The van der Waals surface area contributed by atoms with Gasteiger partial charge in [0.2, 0.25) is 0 Å². The summed E-state index contributed by atoms with van der Waals surface area (Å²) >= 11 is 0. The van der Waals surface area contributed by atoms with Crippen LogP contribution in [0, 0.1) is 5.41 Å². The van der Waals surface area contributed by atoms with Gasteiger partial charge in [0.1, 0.15) is 0 Å². The Kier molecular flexibility index (Phi) is 4.55. The molecule has 4 heteroatoms. The van der Waals surface area contributed by atoms with Gasteiger partial charge < -0.3 is 9.88 Å². The lowest BCUT2D eigenvalue weighted by molar-refractivity contribution is 0.225. The van der Waals surface area contributed by atoms with Crippen LogP contribution in [0.15, 0.2) is 43.2 Å². The fourth-order valence-electron chi connectivity index (χ4n) is 2.23. The minimum Gasteiger partial charge on any atom is -0.336 e. The van der Waals surface area contributed by atoms with Crippen molar-refractivity contribution in [1.82, 2.24) is 19.9 Å². The predicted octanol–water partition coefficient (Wildman–Crippen LogP) is 3.04. The summed E-state index contributed by atoms with van der Waals surface area (Å²) in [6.45, 7) is 9.91. The number of nitrogens with zero attached hydrogens (tertiary/aromatic N) is 3. The Labute approximate surface area is 121 Å². The summed E-state index contributed by atoms with van der Waals surface area (Å²) in [5, 5.41) is 3.74. The largest absolute Gasteiger partial charge is 0.336 e. The van der Waals surface area contributed by atoms with Gasteiger partial charge in [-0.15, -0.1) is 0 Å². The molecular formula is C16H24N4. The first-order valence-electron chi connectivity index (χ1n) is 7.08. The molecule has 0 bridgehead atoms. The normalized spacial score (nSPS) is 15.0. The summed E-state index contributed by atoms with van der Waals surface area (Å²) in [6, 6.07) is 4.79. The molecular weight excluding hydrogens is 248 g/mol. The third-order valence-electron chi connectivity index (χ3n) is 3.66. The van der Waals surface area contributed by atoms with Crippen LogP contribution >= 0.6 is 0 Å². The van der Waals surface area contributed by atoms with Crippen LogP contribution in [0.4, 0.5) is 0 Å². The van der Waals surface area contributed by atoms with Gasteiger partial charge >= 0.3 is 0 Å². The van der Waals surface area contributed by atoms with Crippen molar-refractivity contribution in [3.8, 4) is 0 Å². The minimum absolute atomic E-state index is 0.172. The van der Waals surface area contributed by atoms with Gasteiger partial charge in [-0.3, -0.25) is 4.98 Å². The van der Waals surface area contributed by atoms with Crippen LogP contribution in [0.5, 0.6) is 0 Å². The van der Waals surface area contributed by atoms with Crippen LogP contribution in [0.3, 0.4) is 0 Å². The molecule has 0 spiro atoms. The molecule has 0 aromatic carbocycles. The number of rotatable bonds is 5. The molecule has 108 valence electrons. The Morgan fingerprint density at radius 3 is 2.40 bits per heavy atom. The van der Waals surface area contributed by atoms with Crippen molar-refractivity contribution in [1.29, 1.82) is 0 Å². The summed E-state index contributed by atoms with van der Waals surface area (Å²) in [7, 11) is 0. The monoisotopic (exact) mass is 272 g/mol. The molecule has 0 radical (unpaired) electrons. The number of hydrogen-bond acceptors (Lipinski definition) is 3. The lowest BCUT2D eigenvalue weighted by Gasteiger charge is -2.34. The second kappa shape index (κ2) is 6.18. The van der Waals surface area contributed by atoms with E-state index in [-0.39, 0.29) is 5.41 Å². The molecule has 0 aliphatic rings. The predicted molar refractivity (Wildman–Crippen MR) is 81.3 cm³/mol. The zero-order chi connectivity index (χ0) is 14.6. The lowest BCUT2D eigenvalue weighted by Crippen LogP contribution is -2.44. The van der Waals surface area contributed by atoms with E-state index in [2.05, 4.69) is 59.7 Å². The van der Waals surface area contributed by atoms with Crippen molar-refractivity contribution in [2.45, 2.75) is 46.3 Å². The van der Waals surface area contributed by atoms with Crippen LogP contribution in [0.2, 0.25) is 0 Å². The molecule has 2 aromatic rings. The summed E-state index contributed by atoms with van der Waals surface area (Å²) in [5.41, 5.74) is 1.44. The highest BCUT2D eigenvalue weighted by molar-refractivity contribution is 5.14. The standard InChI is InChI=1S/C16H24N4/c1-13(14-5-7-17-8-6-14)19-15(16(2,3)4)11-20-10-9-18-12-20/h5-10,12-13,15,19H,11H2,1-4H3. The molecule has 2 unspecified atom stereocenters. The lowest BCUT2D eigenvalue weighted by atomic mass is 9.85. The molecule has 0 amide bonds. The first-order valence-corrected chi connectivity index (χ1v) is 7.08. The molecule has 0 saturated carbocycles. The molecule has 4 nitrogen and oxygen atoms in total. The molecule has 20 heavy (non-hydrogen) atoms. The van der Waals surface area contributed by atoms with Gasteiger partial charge in [0.05, 0.1) is 6.33 Å². The Morgan fingerprint density at radius 2 is 1.85 bits per heavy atom. The van der Waals surface area contributed by atoms with Crippen molar-refractivity contribution in [3.63, 3.8) is 0 Å². The van der Waals surface area contributed by atoms with Crippen LogP contribution in [-0.4, -0.2) is 20.6 Å². The molecule has 0 aliphatic carbocycles. The number of nitrogens with one attached hydrogen (secondary N) is 1. The van der Waals surface area contributed by atoms with E-state index in [1.54, 1.807) is 0 Å². The minimum atomic E-state index is 0.172. The van der Waals surface area contributed by atoms with E-state index >= 15 is 0 Å². The molecule has 2 atom stereocenters. The highest BCUT2D eigenvalue weighted by Crippen LogP contribution is 2.24. The maximum absolute atomic E-state index is 4.12. The van der Waals surface area contributed by atoms with Gasteiger partial charge in [0.25, 0.3) is 0 Å². The first-order chi connectivity index (χ1) is 9.47. The van der Waals surface area contributed by atoms with Crippen LogP contribution in [-0.2, 0) is 6.54 Å². The van der Waals surface area contributed by atoms with Crippen molar-refractivity contribution in [2.75, 3.05) is 0 Å². The quantitative estimate of drug-likeness (QED) is 0.909. The molecule has 2 heterocycles. The van der Waals surface area contributed by atoms with E-state index in [0.29, 0.717) is 12.1 Å². The summed E-state index contributed by atoms with van der Waals surface area (Å²) in [5.74, 6) is 0. The molecule has 0 aliphatic heterocycles. The fourth-order valence-corrected chi connectivity index (χ4v) is 2.23. The highest BCUT2D eigenvalue weighted by atomic mass is 15.1. The van der Waals surface area contributed by atoms with E-state index in [9.17, 15) is 0 Å². The molecule has 2 aromatic heterocycles. The summed E-state index contributed by atoms with van der Waals surface area (Å²) in [6.07, 6.45) is 9.39. The smallest absolute Gasteiger partial charge is 0.0946 e. The average molecular weight is 272 g/mol. The maximum Gasteiger partial charge on any atom is 0.0946 e.